The number of carbonyl (C=O) groups is 16. The first-order chi connectivity index (χ1) is 66.1. The molecule has 0 bridgehead atoms. The van der Waals surface area contributed by atoms with E-state index in [-0.39, 0.29) is 143 Å². The lowest BCUT2D eigenvalue weighted by Gasteiger charge is -2.38. The number of aliphatic hydroxyl groups is 9. The van der Waals surface area contributed by atoms with Gasteiger partial charge < -0.3 is 139 Å². The first-order valence-corrected chi connectivity index (χ1v) is 44.9. The largest absolute Gasteiger partial charge is 0.493 e. The van der Waals surface area contributed by atoms with Crippen LogP contribution in [0.4, 0.5) is 0 Å². The number of ketones is 1. The van der Waals surface area contributed by atoms with Crippen LogP contribution in [0, 0.1) is 22.2 Å². The van der Waals surface area contributed by atoms with Crippen molar-refractivity contribution in [3.63, 3.8) is 0 Å². The van der Waals surface area contributed by atoms with E-state index in [0.717, 1.165) is 39.0 Å². The summed E-state index contributed by atoms with van der Waals surface area (Å²) in [5, 5.41) is 126. The molecule has 141 heavy (non-hydrogen) atoms. The first kappa shape index (κ1) is 117. The molecule has 50 nitrogen and oxygen atoms in total. The fourth-order valence-corrected chi connectivity index (χ4v) is 12.7. The van der Waals surface area contributed by atoms with Gasteiger partial charge in [-0.25, -0.2) is 14.4 Å². The second kappa shape index (κ2) is 54.8. The Kier molecular flexibility index (Phi) is 45.4. The summed E-state index contributed by atoms with van der Waals surface area (Å²) in [5.41, 5.74) is -0.956. The summed E-state index contributed by atoms with van der Waals surface area (Å²) in [4.78, 5) is 192. The summed E-state index contributed by atoms with van der Waals surface area (Å²) >= 11 is 0. The smallest absolute Gasteiger partial charge is 0.425 e. The molecule has 6 aliphatic rings. The van der Waals surface area contributed by atoms with Crippen molar-refractivity contribution >= 4 is 105 Å². The number of Topliss-reactive ketones (excluding diaryl/α,β-unsaturated/α-hetero) is 1. The van der Waals surface area contributed by atoms with Crippen LogP contribution in [0.25, 0.3) is 0 Å². The number of unbranched alkanes of at least 4 members (excludes halogenated alkanes) is 2. The van der Waals surface area contributed by atoms with Gasteiger partial charge in [-0.15, -0.1) is 12.6 Å². The number of nitrogens with zero attached hydrogens (tertiary/aromatic N) is 3. The van der Waals surface area contributed by atoms with Gasteiger partial charge in [0, 0.05) is 116 Å². The highest BCUT2D eigenvalue weighted by molar-refractivity contribution is 7.59. The van der Waals surface area contributed by atoms with Crippen LogP contribution in [0.3, 0.4) is 0 Å². The molecule has 0 saturated carbocycles. The zero-order valence-electron chi connectivity index (χ0n) is 78.4. The van der Waals surface area contributed by atoms with E-state index in [2.05, 4.69) is 16.0 Å². The van der Waals surface area contributed by atoms with Crippen molar-refractivity contribution in [1.29, 1.82) is 0 Å². The second-order valence-electron chi connectivity index (χ2n) is 35.2. The lowest BCUT2D eigenvalue weighted by molar-refractivity contribution is -0.271. The zero-order valence-corrected chi connectivity index (χ0v) is 79.2. The number of aliphatic carboxylic acids is 3. The minimum atomic E-state index is -3.11. The van der Waals surface area contributed by atoms with E-state index in [4.69, 9.17) is 74.2 Å². The summed E-state index contributed by atoms with van der Waals surface area (Å²) in [6.07, 6.45) is -17.4. The normalized spacial score (nSPS) is 22.7. The number of nitrogens with one attached hydrogen (secondary N) is 3. The predicted octanol–water partition coefficient (Wildman–Crippen LogP) is -2.65. The highest BCUT2D eigenvalue weighted by Gasteiger charge is 2.51. The summed E-state index contributed by atoms with van der Waals surface area (Å²) in [5.74, 6) is -10.3. The molecule has 6 aliphatic heterocycles. The molecule has 778 valence electrons. The molecular weight excluding hydrogens is 1900 g/mol. The van der Waals surface area contributed by atoms with E-state index in [1.54, 1.807) is 69.2 Å². The van der Waals surface area contributed by atoms with E-state index in [0.29, 0.717) is 55.3 Å². The van der Waals surface area contributed by atoms with Crippen molar-refractivity contribution in [2.75, 3.05) is 72.3 Å². The molecule has 0 spiro atoms. The van der Waals surface area contributed by atoms with Crippen LogP contribution in [0.5, 0.6) is 34.5 Å². The number of hydrogen-bond donors (Lipinski definition) is 15. The Morgan fingerprint density at radius 3 is 1.03 bits per heavy atom. The van der Waals surface area contributed by atoms with Crippen LogP contribution in [0.15, 0.2) is 91.1 Å². The number of carboxylic acid groups (broad SMARTS) is 3. The van der Waals surface area contributed by atoms with Gasteiger partial charge in [-0.2, -0.15) is 0 Å². The minimum absolute atomic E-state index is 0.00534. The molecule has 0 aliphatic carbocycles. The number of rotatable bonds is 45. The van der Waals surface area contributed by atoms with Gasteiger partial charge in [0.25, 0.3) is 35.4 Å². The van der Waals surface area contributed by atoms with Crippen molar-refractivity contribution in [2.45, 2.75) is 226 Å². The highest BCUT2D eigenvalue weighted by atomic mass is 32.2. The number of benzene rings is 3. The number of esters is 3. The van der Waals surface area contributed by atoms with Crippen molar-refractivity contribution < 1.29 is 212 Å². The molecule has 51 heteroatoms. The average molecular weight is 2020 g/mol. The molecule has 3 aromatic rings. The van der Waals surface area contributed by atoms with Crippen LogP contribution in [-0.4, -0.2) is 348 Å². The molecule has 0 aromatic heterocycles. The maximum absolute atomic E-state index is 12.6. The number of hydrogen-bond acceptors (Lipinski definition) is 41. The Hall–Kier alpha value is -12.9. The summed E-state index contributed by atoms with van der Waals surface area (Å²) in [6, 6.07) is 13.0. The van der Waals surface area contributed by atoms with Crippen LogP contribution in [0.1, 0.15) is 131 Å². The zero-order chi connectivity index (χ0) is 105. The van der Waals surface area contributed by atoms with Crippen molar-refractivity contribution in [2.24, 2.45) is 22.2 Å². The maximum atomic E-state index is 12.6. The van der Waals surface area contributed by atoms with Gasteiger partial charge in [-0.05, 0) is 124 Å². The van der Waals surface area contributed by atoms with E-state index < -0.39 is 209 Å². The highest BCUT2D eigenvalue weighted by Crippen LogP contribution is 2.36. The van der Waals surface area contributed by atoms with E-state index in [9.17, 15) is 138 Å². The molecule has 3 aromatic carbocycles. The molecule has 6 heterocycles. The van der Waals surface area contributed by atoms with Crippen LogP contribution in [0.2, 0.25) is 0 Å². The van der Waals surface area contributed by atoms with Gasteiger partial charge in [0.15, 0.2) is 18.3 Å². The number of aliphatic hydroxyl groups excluding tert-OH is 9. The van der Waals surface area contributed by atoms with Crippen LogP contribution in [-0.2, 0) is 140 Å². The molecule has 9 amide bonds. The quantitative estimate of drug-likeness (QED) is 0.0119. The van der Waals surface area contributed by atoms with E-state index in [1.807, 2.05) is 0 Å². The van der Waals surface area contributed by atoms with Gasteiger partial charge in [-0.3, -0.25) is 77.0 Å². The summed E-state index contributed by atoms with van der Waals surface area (Å²) in [7, 11) is -3.11. The third kappa shape index (κ3) is 36.9. The molecule has 0 unspecified atom stereocenters. The molecule has 3 saturated heterocycles. The number of carbonyl (C=O) groups excluding carboxylic acids is 13. The van der Waals surface area contributed by atoms with Crippen LogP contribution >= 0.6 is 0 Å². The van der Waals surface area contributed by atoms with Gasteiger partial charge in [0.1, 0.15) is 135 Å². The van der Waals surface area contributed by atoms with Crippen molar-refractivity contribution in [3.8, 4) is 34.5 Å². The van der Waals surface area contributed by atoms with Crippen molar-refractivity contribution in [3.05, 3.63) is 108 Å². The van der Waals surface area contributed by atoms with Gasteiger partial charge in [-0.1, -0.05) is 13.3 Å². The number of imide groups is 3. The SMILES string of the molecule is CC(C)(C)C(=O)OCc1ccc(O[C@@H]2O[C@H](C(=O)O)[C@@H](O)[C@H](O)[C@H]2O)cc1OCCCNC(=O)CN1C(=O)C=CC1=O.CC(C)(C)C(=O)OCc1ccc(O[C@@H]2O[C@H](C(=O)O)[C@@H](O)[C@H](O)[C@H]2O)cc1OCCOCCNC(=O)CN1C(=O)C=CC1=O.C[C@H](CC(=O)CCCCCN1C(=O)C=CC1=O)C(=O)NCCCOc1cc(O[C@@H]2O[C@H](C(=O)O)[C@@H](O)[C@H](O)[C@H]2O)ccc1COC(=O)C(C)(C)C.O=S(=O)=O. The molecule has 9 rings (SSSR count). The number of ether oxygens (including phenoxy) is 13. The lowest BCUT2D eigenvalue weighted by atomic mass is 9.97. The Balaban J connectivity index is 0.000000319. The predicted molar refractivity (Wildman–Crippen MR) is 472 cm³/mol. The minimum Gasteiger partial charge on any atom is -0.493 e. The summed E-state index contributed by atoms with van der Waals surface area (Å²) in [6.45, 7) is 16.7. The number of carboxylic acids is 3. The summed E-state index contributed by atoms with van der Waals surface area (Å²) < 4.78 is 96.7. The third-order valence-electron chi connectivity index (χ3n) is 20.7. The molecule has 16 atom stereocenters. The standard InChI is InChI=1S/C35H48N2O14.C28H36N2O14.C27H34N2O13.O3S/c1-20(17-22(38)9-6-5-7-15-37-25(39)12-13-26(37)40)31(44)36-14-8-16-48-24-18-23(11-10-21(24)19-49-34(47)35(2,3)4)50-33-29(43)27(41)28(42)30(51-33)32(45)46;1-28(2,3)27(39)42-14-15-4-5-16(43-26-23(36)21(34)22(35)24(44-26)25(37)38)12-17(15)41-11-10-40-9-8-29-18(31)13-30-19(32)6-7-20(30)33;1-27(2,3)26(38)40-13-14-5-6-15(41-25-22(35)20(33)21(34)23(42-25)24(36)37)11-16(14)39-10-4-9-28-17(30)12-29-18(31)7-8-19(29)32;1-4(2)3/h10-13,18,20,27-30,33,41-43H,5-9,14-17,19H2,1-4H3,(H,36,44)(H,45,46);4-7,12,21-24,26,34-36H,8-11,13-14H2,1-3H3,(H,29,31)(H,37,38);5-8,11,20-23,25,33-35H,4,9-10,12-13H2,1-3H3,(H,28,30)(H,36,37);/t20-,27+,28+,29-,30+,33-;21-,22-,23+,24-,26+;20-,21-,22+,23-,25+;/m100./s1. The lowest BCUT2D eigenvalue weighted by Crippen LogP contribution is -2.61. The molecular formula is C90H118N6O44S. The average Bonchev–Trinajstić information content (AvgIpc) is 1.61. The Bertz CT molecular complexity index is 5080. The van der Waals surface area contributed by atoms with Gasteiger partial charge in [0.2, 0.25) is 36.6 Å². The van der Waals surface area contributed by atoms with Gasteiger partial charge >= 0.3 is 46.4 Å². The van der Waals surface area contributed by atoms with Gasteiger partial charge in [0.05, 0.1) is 42.7 Å². The van der Waals surface area contributed by atoms with E-state index in [1.165, 1.54) is 66.7 Å². The van der Waals surface area contributed by atoms with Crippen molar-refractivity contribution in [1.82, 2.24) is 30.7 Å². The Morgan fingerprint density at radius 1 is 0.390 bits per heavy atom. The second-order valence-corrected chi connectivity index (χ2v) is 35.6. The third-order valence-corrected chi connectivity index (χ3v) is 20.7. The maximum Gasteiger partial charge on any atom is 0.425 e. The monoisotopic (exact) mass is 2020 g/mol. The van der Waals surface area contributed by atoms with E-state index >= 15 is 0 Å². The molecule has 15 N–H and O–H groups in total. The fraction of sp³-hybridized carbons (Fsp3) is 0.556. The Morgan fingerprint density at radius 2 is 0.702 bits per heavy atom. The van der Waals surface area contributed by atoms with Crippen LogP contribution < -0.4 is 44.4 Å². The first-order valence-electron chi connectivity index (χ1n) is 43.9. The topological polar surface area (TPSA) is 733 Å². The molecule has 0 radical (unpaired) electrons. The Labute approximate surface area is 807 Å². The fourth-order valence-electron chi connectivity index (χ4n) is 12.7. The number of amides is 9. The molecule has 3 fully saturated rings.